The summed E-state index contributed by atoms with van der Waals surface area (Å²) in [6.07, 6.45) is 7.12. The molecule has 1 aliphatic rings. The maximum Gasteiger partial charge on any atom is 0.408 e. The molecule has 0 radical (unpaired) electrons. The van der Waals surface area contributed by atoms with Gasteiger partial charge < -0.3 is 10.1 Å². The highest BCUT2D eigenvalue weighted by molar-refractivity contribution is 5.69. The van der Waals surface area contributed by atoms with Crippen molar-refractivity contribution in [3.05, 3.63) is 35.4 Å². The highest BCUT2D eigenvalue weighted by atomic mass is 16.6. The Morgan fingerprint density at radius 3 is 2.80 bits per heavy atom. The van der Waals surface area contributed by atoms with Crippen LogP contribution in [0.3, 0.4) is 0 Å². The molecule has 0 bridgehead atoms. The average molecular weight is 271 g/mol. The van der Waals surface area contributed by atoms with Gasteiger partial charge in [-0.3, -0.25) is 0 Å². The number of amides is 1. The minimum absolute atomic E-state index is 0.170. The molecule has 0 spiro atoms. The molecule has 0 heterocycles. The van der Waals surface area contributed by atoms with Gasteiger partial charge in [0.15, 0.2) is 0 Å². The number of nitrogens with one attached hydrogen (secondary N) is 1. The molecule has 1 aliphatic carbocycles. The van der Waals surface area contributed by atoms with Crippen molar-refractivity contribution in [3.8, 4) is 12.3 Å². The fourth-order valence-electron chi connectivity index (χ4n) is 2.63. The Kier molecular flexibility index (Phi) is 4.04. The van der Waals surface area contributed by atoms with Crippen LogP contribution in [0.4, 0.5) is 4.79 Å². The zero-order valence-electron chi connectivity index (χ0n) is 12.3. The van der Waals surface area contributed by atoms with Gasteiger partial charge in [0.05, 0.1) is 0 Å². The van der Waals surface area contributed by atoms with E-state index in [2.05, 4.69) is 23.4 Å². The SMILES string of the molecule is C#CC(NC(=O)OC(C)(C)C)C1CCc2ccccc21. The van der Waals surface area contributed by atoms with E-state index in [1.165, 1.54) is 11.1 Å². The summed E-state index contributed by atoms with van der Waals surface area (Å²) in [4.78, 5) is 11.9. The monoisotopic (exact) mass is 271 g/mol. The molecule has 1 aromatic rings. The van der Waals surface area contributed by atoms with Gasteiger partial charge in [-0.25, -0.2) is 4.79 Å². The van der Waals surface area contributed by atoms with Crippen LogP contribution in [0.25, 0.3) is 0 Å². The lowest BCUT2D eigenvalue weighted by Crippen LogP contribution is -2.41. The summed E-state index contributed by atoms with van der Waals surface area (Å²) in [5.74, 6) is 2.86. The van der Waals surface area contributed by atoms with Gasteiger partial charge in [0, 0.05) is 5.92 Å². The van der Waals surface area contributed by atoms with Crippen molar-refractivity contribution >= 4 is 6.09 Å². The van der Waals surface area contributed by atoms with E-state index in [0.717, 1.165) is 12.8 Å². The van der Waals surface area contributed by atoms with Crippen molar-refractivity contribution in [1.82, 2.24) is 5.32 Å². The topological polar surface area (TPSA) is 38.3 Å². The number of hydrogen-bond acceptors (Lipinski definition) is 2. The normalized spacial score (nSPS) is 18.8. The second-order valence-corrected chi connectivity index (χ2v) is 6.13. The molecule has 0 aliphatic heterocycles. The highest BCUT2D eigenvalue weighted by Crippen LogP contribution is 2.35. The van der Waals surface area contributed by atoms with Crippen molar-refractivity contribution in [2.75, 3.05) is 0 Å². The third-order valence-electron chi connectivity index (χ3n) is 3.43. The predicted octanol–water partition coefficient (Wildman–Crippen LogP) is 3.24. The number of hydrogen-bond donors (Lipinski definition) is 1. The first-order valence-electron chi connectivity index (χ1n) is 6.94. The maximum atomic E-state index is 11.9. The first kappa shape index (κ1) is 14.5. The van der Waals surface area contributed by atoms with E-state index < -0.39 is 11.7 Å². The maximum absolute atomic E-state index is 11.9. The van der Waals surface area contributed by atoms with E-state index in [1.54, 1.807) is 0 Å². The van der Waals surface area contributed by atoms with Crippen LogP contribution >= 0.6 is 0 Å². The molecule has 3 nitrogen and oxygen atoms in total. The summed E-state index contributed by atoms with van der Waals surface area (Å²) in [7, 11) is 0. The largest absolute Gasteiger partial charge is 0.444 e. The van der Waals surface area contributed by atoms with Crippen LogP contribution in [0.15, 0.2) is 24.3 Å². The minimum Gasteiger partial charge on any atom is -0.444 e. The van der Waals surface area contributed by atoms with Crippen LogP contribution in [-0.2, 0) is 11.2 Å². The Morgan fingerprint density at radius 2 is 2.15 bits per heavy atom. The Labute approximate surface area is 120 Å². The summed E-state index contributed by atoms with van der Waals surface area (Å²) in [5, 5.41) is 2.81. The summed E-state index contributed by atoms with van der Waals surface area (Å²) >= 11 is 0. The van der Waals surface area contributed by atoms with Gasteiger partial charge in [-0.05, 0) is 44.7 Å². The Hall–Kier alpha value is -1.95. The van der Waals surface area contributed by atoms with Crippen LogP contribution in [0.2, 0.25) is 0 Å². The molecule has 3 heteroatoms. The lowest BCUT2D eigenvalue weighted by Gasteiger charge is -2.24. The Bertz CT molecular complexity index is 537. The number of carbonyl (C=O) groups excluding carboxylic acids is 1. The van der Waals surface area contributed by atoms with E-state index in [-0.39, 0.29) is 12.0 Å². The molecule has 20 heavy (non-hydrogen) atoms. The molecule has 1 aromatic carbocycles. The second kappa shape index (κ2) is 5.58. The fraction of sp³-hybridized carbons (Fsp3) is 0.471. The molecular formula is C17H21NO2. The summed E-state index contributed by atoms with van der Waals surface area (Å²) in [6, 6.07) is 7.93. The van der Waals surface area contributed by atoms with Gasteiger partial charge >= 0.3 is 6.09 Å². The van der Waals surface area contributed by atoms with Crippen molar-refractivity contribution in [3.63, 3.8) is 0 Å². The Morgan fingerprint density at radius 1 is 1.45 bits per heavy atom. The van der Waals surface area contributed by atoms with Crippen molar-refractivity contribution in [2.24, 2.45) is 0 Å². The fourth-order valence-corrected chi connectivity index (χ4v) is 2.63. The number of ether oxygens (including phenoxy) is 1. The van der Waals surface area contributed by atoms with Crippen molar-refractivity contribution < 1.29 is 9.53 Å². The van der Waals surface area contributed by atoms with Crippen molar-refractivity contribution in [1.29, 1.82) is 0 Å². The second-order valence-electron chi connectivity index (χ2n) is 6.13. The Balaban J connectivity index is 2.08. The number of benzene rings is 1. The van der Waals surface area contributed by atoms with E-state index in [1.807, 2.05) is 32.9 Å². The average Bonchev–Trinajstić information content (AvgIpc) is 2.77. The smallest absolute Gasteiger partial charge is 0.408 e. The van der Waals surface area contributed by atoms with E-state index in [4.69, 9.17) is 11.2 Å². The van der Waals surface area contributed by atoms with E-state index in [0.29, 0.717) is 0 Å². The molecule has 2 unspecified atom stereocenters. The summed E-state index contributed by atoms with van der Waals surface area (Å²) in [5.41, 5.74) is 2.05. The molecule has 1 N–H and O–H groups in total. The standard InChI is InChI=1S/C17H21NO2/c1-5-15(18-16(19)20-17(2,3)4)14-11-10-12-8-6-7-9-13(12)14/h1,6-9,14-15H,10-11H2,2-4H3,(H,18,19). The van der Waals surface area contributed by atoms with Gasteiger partial charge in [0.25, 0.3) is 0 Å². The molecule has 106 valence electrons. The minimum atomic E-state index is -0.517. The van der Waals surface area contributed by atoms with E-state index in [9.17, 15) is 4.79 Å². The molecule has 2 rings (SSSR count). The third kappa shape index (κ3) is 3.33. The quantitative estimate of drug-likeness (QED) is 0.839. The first-order chi connectivity index (χ1) is 9.40. The number of alkyl carbamates (subject to hydrolysis) is 1. The van der Waals surface area contributed by atoms with Crippen LogP contribution in [0, 0.1) is 12.3 Å². The summed E-state index contributed by atoms with van der Waals surface area (Å²) < 4.78 is 5.27. The number of terminal acetylenes is 1. The number of rotatable bonds is 2. The van der Waals surface area contributed by atoms with Crippen LogP contribution < -0.4 is 5.32 Å². The molecule has 0 fully saturated rings. The van der Waals surface area contributed by atoms with Crippen LogP contribution in [0.1, 0.15) is 44.2 Å². The summed E-state index contributed by atoms with van der Waals surface area (Å²) in [6.45, 7) is 5.51. The molecule has 0 saturated carbocycles. The lowest BCUT2D eigenvalue weighted by atomic mass is 9.94. The molecule has 0 saturated heterocycles. The lowest BCUT2D eigenvalue weighted by molar-refractivity contribution is 0.0510. The van der Waals surface area contributed by atoms with Crippen molar-refractivity contribution in [2.45, 2.75) is 51.2 Å². The van der Waals surface area contributed by atoms with Gasteiger partial charge in [0.1, 0.15) is 11.6 Å². The predicted molar refractivity (Wildman–Crippen MR) is 79.5 cm³/mol. The number of aryl methyl sites for hydroxylation is 1. The number of carbonyl (C=O) groups is 1. The van der Waals surface area contributed by atoms with Gasteiger partial charge in [-0.1, -0.05) is 30.2 Å². The van der Waals surface area contributed by atoms with Gasteiger partial charge in [0.2, 0.25) is 0 Å². The van der Waals surface area contributed by atoms with Crippen LogP contribution in [0.5, 0.6) is 0 Å². The zero-order valence-corrected chi connectivity index (χ0v) is 12.3. The van der Waals surface area contributed by atoms with Gasteiger partial charge in [-0.2, -0.15) is 0 Å². The van der Waals surface area contributed by atoms with E-state index >= 15 is 0 Å². The first-order valence-corrected chi connectivity index (χ1v) is 6.94. The zero-order chi connectivity index (χ0) is 14.8. The third-order valence-corrected chi connectivity index (χ3v) is 3.43. The molecule has 0 aromatic heterocycles. The van der Waals surface area contributed by atoms with Gasteiger partial charge in [-0.15, -0.1) is 6.42 Å². The molecule has 2 atom stereocenters. The van der Waals surface area contributed by atoms with Crippen LogP contribution in [-0.4, -0.2) is 17.7 Å². The number of fused-ring (bicyclic) bond motifs is 1. The molecule has 1 amide bonds. The highest BCUT2D eigenvalue weighted by Gasteiger charge is 2.30. The molecular weight excluding hydrogens is 250 g/mol.